The molecule has 1 aliphatic rings. The molecule has 5 rings (SSSR count). The molecule has 3 heterocycles. The summed E-state index contributed by atoms with van der Waals surface area (Å²) in [4.78, 5) is 35.4. The first-order chi connectivity index (χ1) is 17.5. The van der Waals surface area contributed by atoms with Gasteiger partial charge in [-0.3, -0.25) is 9.36 Å². The van der Waals surface area contributed by atoms with Crippen LogP contribution in [0.3, 0.4) is 0 Å². The van der Waals surface area contributed by atoms with Gasteiger partial charge in [0.15, 0.2) is 4.80 Å². The van der Waals surface area contributed by atoms with E-state index in [0.717, 1.165) is 21.7 Å². The molecule has 4 aromatic rings. The Kier molecular flexibility index (Phi) is 6.71. The Balaban J connectivity index is 1.76. The highest BCUT2D eigenvalue weighted by molar-refractivity contribution is 7.10. The lowest BCUT2D eigenvalue weighted by Crippen LogP contribution is -2.39. The van der Waals surface area contributed by atoms with E-state index in [1.54, 1.807) is 11.5 Å². The third-order valence-electron chi connectivity index (χ3n) is 5.89. The fourth-order valence-electron chi connectivity index (χ4n) is 4.18. The molecule has 0 bridgehead atoms. The average Bonchev–Trinajstić information content (AvgIpc) is 3.52. The van der Waals surface area contributed by atoms with Gasteiger partial charge in [0.05, 0.1) is 22.4 Å². The molecular formula is C28H25N3O3S2. The highest BCUT2D eigenvalue weighted by Crippen LogP contribution is 2.36. The van der Waals surface area contributed by atoms with Gasteiger partial charge in [-0.1, -0.05) is 59.9 Å². The Labute approximate surface area is 216 Å². The molecule has 182 valence electrons. The predicted molar refractivity (Wildman–Crippen MR) is 146 cm³/mol. The van der Waals surface area contributed by atoms with Crippen LogP contribution in [-0.4, -0.2) is 31.2 Å². The first kappa shape index (κ1) is 24.0. The molecule has 0 amide bonds. The van der Waals surface area contributed by atoms with Gasteiger partial charge in [-0.25, -0.2) is 9.79 Å². The summed E-state index contributed by atoms with van der Waals surface area (Å²) in [5.41, 5.74) is 3.54. The zero-order valence-electron chi connectivity index (χ0n) is 20.2. The first-order valence-corrected chi connectivity index (χ1v) is 13.3. The van der Waals surface area contributed by atoms with Crippen molar-refractivity contribution in [2.75, 3.05) is 25.6 Å². The van der Waals surface area contributed by atoms with Crippen molar-refractivity contribution in [3.05, 3.63) is 113 Å². The lowest BCUT2D eigenvalue weighted by Gasteiger charge is -2.24. The van der Waals surface area contributed by atoms with Crippen molar-refractivity contribution in [1.29, 1.82) is 0 Å². The van der Waals surface area contributed by atoms with Gasteiger partial charge >= 0.3 is 5.97 Å². The molecule has 1 aliphatic heterocycles. The van der Waals surface area contributed by atoms with Crippen molar-refractivity contribution >= 4 is 46.1 Å². The number of hydrogen-bond acceptors (Lipinski definition) is 7. The second kappa shape index (κ2) is 10.1. The number of fused-ring (bicyclic) bond motifs is 1. The summed E-state index contributed by atoms with van der Waals surface area (Å²) < 4.78 is 7.67. The minimum absolute atomic E-state index is 0.178. The summed E-state index contributed by atoms with van der Waals surface area (Å²) in [5, 5.41) is 1.95. The summed E-state index contributed by atoms with van der Waals surface area (Å²) in [7, 11) is 3.98. The molecule has 0 radical (unpaired) electrons. The molecule has 0 saturated heterocycles. The third kappa shape index (κ3) is 4.45. The van der Waals surface area contributed by atoms with Crippen molar-refractivity contribution in [3.8, 4) is 0 Å². The lowest BCUT2D eigenvalue weighted by molar-refractivity contribution is -0.138. The van der Waals surface area contributed by atoms with E-state index in [-0.39, 0.29) is 12.2 Å². The van der Waals surface area contributed by atoms with Gasteiger partial charge in [-0.15, -0.1) is 11.3 Å². The van der Waals surface area contributed by atoms with Gasteiger partial charge in [0.25, 0.3) is 5.56 Å². The predicted octanol–water partition coefficient (Wildman–Crippen LogP) is 4.06. The number of hydrogen-bond donors (Lipinski definition) is 0. The molecule has 0 fully saturated rings. The van der Waals surface area contributed by atoms with Crippen molar-refractivity contribution in [1.82, 2.24) is 4.57 Å². The third-order valence-corrected chi connectivity index (χ3v) is 7.80. The van der Waals surface area contributed by atoms with Gasteiger partial charge in [-0.2, -0.15) is 0 Å². The Morgan fingerprint density at radius 2 is 1.83 bits per heavy atom. The molecule has 6 nitrogen and oxygen atoms in total. The summed E-state index contributed by atoms with van der Waals surface area (Å²) >= 11 is 2.83. The molecule has 8 heteroatoms. The van der Waals surface area contributed by atoms with Crippen LogP contribution in [0.2, 0.25) is 0 Å². The normalized spacial score (nSPS) is 15.4. The average molecular weight is 516 g/mol. The maximum Gasteiger partial charge on any atom is 0.338 e. The standard InChI is InChI=1S/C28H25N3O3S2/c1-4-34-27(33)23-24(19-9-6-5-7-10-19)29-28-31(25(23)21-11-8-16-35-21)26(32)22(36-28)17-18-12-14-20(15-13-18)30(2)3/h5-17,25H,4H2,1-3H3/b22-17+. The zero-order chi connectivity index (χ0) is 25.2. The van der Waals surface area contributed by atoms with Gasteiger partial charge in [0.2, 0.25) is 0 Å². The molecule has 2 aromatic heterocycles. The Bertz CT molecular complexity index is 1600. The largest absolute Gasteiger partial charge is 0.463 e. The van der Waals surface area contributed by atoms with Crippen LogP contribution in [0.15, 0.2) is 87.5 Å². The number of carbonyl (C=O) groups excluding carboxylic acids is 1. The van der Waals surface area contributed by atoms with E-state index in [1.165, 1.54) is 22.7 Å². The first-order valence-electron chi connectivity index (χ1n) is 11.6. The van der Waals surface area contributed by atoms with E-state index in [1.807, 2.05) is 97.2 Å². The van der Waals surface area contributed by atoms with Crippen LogP contribution in [0.5, 0.6) is 0 Å². The van der Waals surface area contributed by atoms with Crippen LogP contribution in [0, 0.1) is 0 Å². The van der Waals surface area contributed by atoms with Crippen LogP contribution >= 0.6 is 22.7 Å². The fourth-order valence-corrected chi connectivity index (χ4v) is 6.00. The number of thiophene rings is 1. The Morgan fingerprint density at radius 3 is 2.47 bits per heavy atom. The van der Waals surface area contributed by atoms with Crippen molar-refractivity contribution in [2.45, 2.75) is 13.0 Å². The van der Waals surface area contributed by atoms with Crippen LogP contribution in [0.4, 0.5) is 5.69 Å². The second-order valence-electron chi connectivity index (χ2n) is 8.43. The number of esters is 1. The van der Waals surface area contributed by atoms with E-state index >= 15 is 0 Å². The monoisotopic (exact) mass is 515 g/mol. The molecular weight excluding hydrogens is 490 g/mol. The number of anilines is 1. The molecule has 0 aliphatic carbocycles. The quantitative estimate of drug-likeness (QED) is 0.363. The lowest BCUT2D eigenvalue weighted by atomic mass is 9.97. The SMILES string of the molecule is CCOC(=O)C1=C(c2ccccc2)N=c2s/c(=C/c3ccc(N(C)C)cc3)c(=O)n2C1c1cccs1. The minimum atomic E-state index is -0.617. The van der Waals surface area contributed by atoms with E-state index in [4.69, 9.17) is 9.73 Å². The number of thiazole rings is 1. The van der Waals surface area contributed by atoms with Crippen LogP contribution in [0.1, 0.15) is 29.0 Å². The summed E-state index contributed by atoms with van der Waals surface area (Å²) in [5.74, 6) is -0.466. The van der Waals surface area contributed by atoms with E-state index in [2.05, 4.69) is 0 Å². The number of aromatic nitrogens is 1. The number of benzene rings is 2. The second-order valence-corrected chi connectivity index (χ2v) is 10.4. The van der Waals surface area contributed by atoms with Gasteiger partial charge in [-0.05, 0) is 42.1 Å². The maximum absolute atomic E-state index is 13.8. The number of carbonyl (C=O) groups is 1. The summed E-state index contributed by atoms with van der Waals surface area (Å²) in [6, 6.07) is 20.8. The minimum Gasteiger partial charge on any atom is -0.463 e. The van der Waals surface area contributed by atoms with Crippen LogP contribution in [-0.2, 0) is 9.53 Å². The van der Waals surface area contributed by atoms with Crippen molar-refractivity contribution < 1.29 is 9.53 Å². The summed E-state index contributed by atoms with van der Waals surface area (Å²) in [6.07, 6.45) is 1.88. The smallest absolute Gasteiger partial charge is 0.338 e. The zero-order valence-corrected chi connectivity index (χ0v) is 21.8. The molecule has 36 heavy (non-hydrogen) atoms. The van der Waals surface area contributed by atoms with Gasteiger partial charge in [0.1, 0.15) is 6.04 Å². The Hall–Kier alpha value is -3.75. The molecule has 0 saturated carbocycles. The van der Waals surface area contributed by atoms with E-state index < -0.39 is 12.0 Å². The number of ether oxygens (including phenoxy) is 1. The van der Waals surface area contributed by atoms with Crippen LogP contribution in [0.25, 0.3) is 11.8 Å². The van der Waals surface area contributed by atoms with Crippen molar-refractivity contribution in [3.63, 3.8) is 0 Å². The molecule has 0 N–H and O–H groups in total. The van der Waals surface area contributed by atoms with Crippen molar-refractivity contribution in [2.24, 2.45) is 4.99 Å². The molecule has 0 spiro atoms. The van der Waals surface area contributed by atoms with Gasteiger partial charge in [0, 0.05) is 30.2 Å². The van der Waals surface area contributed by atoms with E-state index in [9.17, 15) is 9.59 Å². The summed E-state index contributed by atoms with van der Waals surface area (Å²) in [6.45, 7) is 2.01. The van der Waals surface area contributed by atoms with Gasteiger partial charge < -0.3 is 9.64 Å². The Morgan fingerprint density at radius 1 is 1.08 bits per heavy atom. The molecule has 2 aromatic carbocycles. The fraction of sp³-hybridized carbons (Fsp3) is 0.179. The molecule has 1 atom stereocenters. The number of nitrogens with zero attached hydrogens (tertiary/aromatic N) is 3. The number of rotatable bonds is 6. The topological polar surface area (TPSA) is 63.9 Å². The van der Waals surface area contributed by atoms with E-state index in [0.29, 0.717) is 20.6 Å². The molecule has 1 unspecified atom stereocenters. The highest BCUT2D eigenvalue weighted by atomic mass is 32.1. The maximum atomic E-state index is 13.8. The van der Waals surface area contributed by atoms with Crippen LogP contribution < -0.4 is 19.8 Å². The highest BCUT2D eigenvalue weighted by Gasteiger charge is 2.35.